The molecule has 1 unspecified atom stereocenters. The van der Waals surface area contributed by atoms with Crippen LogP contribution in [0.3, 0.4) is 0 Å². The molecule has 1 atom stereocenters. The molecule has 0 amide bonds. The van der Waals surface area contributed by atoms with Crippen LogP contribution in [0.2, 0.25) is 0 Å². The van der Waals surface area contributed by atoms with E-state index in [4.69, 9.17) is 5.11 Å². The Hall–Kier alpha value is -0.270. The molecule has 0 aliphatic carbocycles. The molecule has 1 heterocycles. The van der Waals surface area contributed by atoms with E-state index in [0.717, 1.165) is 5.75 Å². The van der Waals surface area contributed by atoms with Gasteiger partial charge in [0.15, 0.2) is 0 Å². The Morgan fingerprint density at radius 3 is 2.81 bits per heavy atom. The van der Waals surface area contributed by atoms with Gasteiger partial charge in [0.2, 0.25) is 10.0 Å². The Labute approximate surface area is 100 Å². The van der Waals surface area contributed by atoms with Crippen LogP contribution in [0, 0.1) is 0 Å². The summed E-state index contributed by atoms with van der Waals surface area (Å²) < 4.78 is 25.2. The lowest BCUT2D eigenvalue weighted by atomic mass is 10.3. The van der Waals surface area contributed by atoms with Gasteiger partial charge in [-0.05, 0) is 6.42 Å². The normalized spacial score (nSPS) is 23.2. The summed E-state index contributed by atoms with van der Waals surface area (Å²) >= 11 is 1.77. The van der Waals surface area contributed by atoms with Crippen molar-refractivity contribution >= 4 is 27.8 Å². The van der Waals surface area contributed by atoms with Crippen LogP contribution in [0.25, 0.3) is 0 Å². The van der Waals surface area contributed by atoms with Crippen LogP contribution < -0.4 is 0 Å². The maximum atomic E-state index is 11.8. The van der Waals surface area contributed by atoms with E-state index in [1.165, 1.54) is 4.31 Å². The summed E-state index contributed by atoms with van der Waals surface area (Å²) in [5.41, 5.74) is 0. The molecule has 0 spiro atoms. The molecule has 0 aromatic heterocycles. The highest BCUT2D eigenvalue weighted by Crippen LogP contribution is 2.20. The highest BCUT2D eigenvalue weighted by atomic mass is 32.2. The Balaban J connectivity index is 2.46. The number of carboxylic acid groups (broad SMARTS) is 1. The van der Waals surface area contributed by atoms with E-state index in [0.29, 0.717) is 18.3 Å². The van der Waals surface area contributed by atoms with Crippen LogP contribution in [0.15, 0.2) is 0 Å². The van der Waals surface area contributed by atoms with Crippen molar-refractivity contribution < 1.29 is 18.3 Å². The van der Waals surface area contributed by atoms with Gasteiger partial charge in [-0.15, -0.1) is 0 Å². The molecule has 1 N–H and O–H groups in total. The number of thioether (sulfide) groups is 1. The highest BCUT2D eigenvalue weighted by molar-refractivity contribution is 8.00. The average Bonchev–Trinajstić information content (AvgIpc) is 2.16. The van der Waals surface area contributed by atoms with Crippen molar-refractivity contribution in [3.63, 3.8) is 0 Å². The Kier molecular flexibility index (Phi) is 5.07. The summed E-state index contributed by atoms with van der Waals surface area (Å²) in [5, 5.41) is 8.77. The van der Waals surface area contributed by atoms with Gasteiger partial charge in [0.25, 0.3) is 0 Å². The highest BCUT2D eigenvalue weighted by Gasteiger charge is 2.26. The minimum atomic E-state index is -3.26. The van der Waals surface area contributed by atoms with Gasteiger partial charge in [-0.3, -0.25) is 4.79 Å². The largest absolute Gasteiger partial charge is 0.481 e. The first-order valence-corrected chi connectivity index (χ1v) is 7.89. The number of nitrogens with zero attached hydrogens (tertiary/aromatic N) is 1. The van der Waals surface area contributed by atoms with Crippen molar-refractivity contribution in [1.82, 2.24) is 4.31 Å². The number of aliphatic carboxylic acids is 1. The second kappa shape index (κ2) is 5.88. The van der Waals surface area contributed by atoms with Crippen molar-refractivity contribution in [2.45, 2.75) is 25.0 Å². The standard InChI is InChI=1S/C9H17NO4S2/c1-8-7-10(4-5-15-8)16(13,14)6-2-3-9(11)12/h8H,2-7H2,1H3,(H,11,12). The van der Waals surface area contributed by atoms with E-state index in [1.54, 1.807) is 11.8 Å². The van der Waals surface area contributed by atoms with Crippen molar-refractivity contribution in [1.29, 1.82) is 0 Å². The van der Waals surface area contributed by atoms with Gasteiger partial charge in [-0.25, -0.2) is 12.7 Å². The Bertz CT molecular complexity index is 341. The van der Waals surface area contributed by atoms with Gasteiger partial charge >= 0.3 is 5.97 Å². The molecule has 7 heteroatoms. The fourth-order valence-electron chi connectivity index (χ4n) is 1.57. The summed E-state index contributed by atoms with van der Waals surface area (Å²) in [7, 11) is -3.26. The average molecular weight is 267 g/mol. The first kappa shape index (κ1) is 13.8. The number of rotatable bonds is 5. The predicted molar refractivity (Wildman–Crippen MR) is 64.1 cm³/mol. The summed E-state index contributed by atoms with van der Waals surface area (Å²) in [6.07, 6.45) is 0.104. The zero-order valence-electron chi connectivity index (χ0n) is 9.26. The minimum absolute atomic E-state index is 0.0588. The monoisotopic (exact) mass is 267 g/mol. The number of carboxylic acids is 1. The molecular weight excluding hydrogens is 250 g/mol. The topological polar surface area (TPSA) is 74.7 Å². The molecule has 5 nitrogen and oxygen atoms in total. The molecule has 1 aliphatic rings. The zero-order valence-corrected chi connectivity index (χ0v) is 10.9. The van der Waals surface area contributed by atoms with E-state index in [9.17, 15) is 13.2 Å². The van der Waals surface area contributed by atoms with Crippen LogP contribution in [0.1, 0.15) is 19.8 Å². The summed E-state index contributed by atoms with van der Waals surface area (Å²) in [6.45, 7) is 3.09. The molecule has 0 saturated carbocycles. The molecule has 0 aromatic rings. The quantitative estimate of drug-likeness (QED) is 0.790. The SMILES string of the molecule is CC1CN(S(=O)(=O)CCCC(=O)O)CCS1. The lowest BCUT2D eigenvalue weighted by molar-refractivity contribution is -0.137. The van der Waals surface area contributed by atoms with Gasteiger partial charge < -0.3 is 5.11 Å². The lowest BCUT2D eigenvalue weighted by Crippen LogP contribution is -2.42. The van der Waals surface area contributed by atoms with E-state index in [-0.39, 0.29) is 18.6 Å². The summed E-state index contributed by atoms with van der Waals surface area (Å²) in [4.78, 5) is 10.3. The molecular formula is C9H17NO4S2. The fraction of sp³-hybridized carbons (Fsp3) is 0.889. The van der Waals surface area contributed by atoms with Gasteiger partial charge in [-0.2, -0.15) is 11.8 Å². The van der Waals surface area contributed by atoms with Gasteiger partial charge in [-0.1, -0.05) is 6.92 Å². The van der Waals surface area contributed by atoms with Crippen molar-refractivity contribution in [3.05, 3.63) is 0 Å². The molecule has 1 fully saturated rings. The number of hydrogen-bond donors (Lipinski definition) is 1. The third-order valence-electron chi connectivity index (χ3n) is 2.39. The van der Waals surface area contributed by atoms with Gasteiger partial charge in [0.1, 0.15) is 0 Å². The number of sulfonamides is 1. The van der Waals surface area contributed by atoms with Crippen molar-refractivity contribution in [2.24, 2.45) is 0 Å². The van der Waals surface area contributed by atoms with Crippen molar-refractivity contribution in [2.75, 3.05) is 24.6 Å². The van der Waals surface area contributed by atoms with Crippen LogP contribution in [0.4, 0.5) is 0 Å². The second-order valence-corrected chi connectivity index (χ2v) is 7.49. The molecule has 0 radical (unpaired) electrons. The van der Waals surface area contributed by atoms with E-state index in [2.05, 4.69) is 0 Å². The molecule has 94 valence electrons. The molecule has 0 aromatic carbocycles. The first-order valence-electron chi connectivity index (χ1n) is 5.23. The van der Waals surface area contributed by atoms with E-state index < -0.39 is 16.0 Å². The minimum Gasteiger partial charge on any atom is -0.481 e. The maximum Gasteiger partial charge on any atom is 0.303 e. The van der Waals surface area contributed by atoms with Crippen molar-refractivity contribution in [3.8, 4) is 0 Å². The number of carbonyl (C=O) groups is 1. The van der Waals surface area contributed by atoms with Gasteiger partial charge in [0, 0.05) is 30.5 Å². The maximum absolute atomic E-state index is 11.8. The smallest absolute Gasteiger partial charge is 0.303 e. The zero-order chi connectivity index (χ0) is 12.2. The second-order valence-electron chi connectivity index (χ2n) is 3.85. The van der Waals surface area contributed by atoms with Crippen LogP contribution in [0.5, 0.6) is 0 Å². The third kappa shape index (κ3) is 4.31. The van der Waals surface area contributed by atoms with E-state index >= 15 is 0 Å². The molecule has 1 aliphatic heterocycles. The third-order valence-corrected chi connectivity index (χ3v) is 5.45. The molecule has 1 rings (SSSR count). The summed E-state index contributed by atoms with van der Waals surface area (Å²) in [5.74, 6) is -0.187. The predicted octanol–water partition coefficient (Wildman–Crippen LogP) is 0.618. The van der Waals surface area contributed by atoms with Crippen LogP contribution >= 0.6 is 11.8 Å². The molecule has 16 heavy (non-hydrogen) atoms. The number of hydrogen-bond acceptors (Lipinski definition) is 4. The lowest BCUT2D eigenvalue weighted by Gasteiger charge is -2.29. The Morgan fingerprint density at radius 2 is 2.25 bits per heavy atom. The molecule has 0 bridgehead atoms. The van der Waals surface area contributed by atoms with Crippen LogP contribution in [-0.2, 0) is 14.8 Å². The fourth-order valence-corrected chi connectivity index (χ4v) is 4.38. The first-order chi connectivity index (χ1) is 7.42. The van der Waals surface area contributed by atoms with Gasteiger partial charge in [0.05, 0.1) is 5.75 Å². The Morgan fingerprint density at radius 1 is 1.56 bits per heavy atom. The summed E-state index contributed by atoms with van der Waals surface area (Å²) in [6, 6.07) is 0. The van der Waals surface area contributed by atoms with E-state index in [1.807, 2.05) is 6.92 Å². The van der Waals surface area contributed by atoms with Crippen LogP contribution in [-0.4, -0.2) is 53.6 Å². The molecule has 1 saturated heterocycles.